The molecule has 4 heteroatoms. The molecule has 1 aliphatic carbocycles. The van der Waals surface area contributed by atoms with Crippen molar-refractivity contribution < 1.29 is 9.53 Å². The quantitative estimate of drug-likeness (QED) is 0.687. The molecule has 88 valence electrons. The topological polar surface area (TPSA) is 64.4 Å². The Bertz CT molecular complexity index is 209. The van der Waals surface area contributed by atoms with Crippen LogP contribution in [0.5, 0.6) is 0 Å². The first kappa shape index (κ1) is 12.5. The van der Waals surface area contributed by atoms with Gasteiger partial charge in [0.15, 0.2) is 0 Å². The molecule has 0 aromatic carbocycles. The van der Waals surface area contributed by atoms with Crippen molar-refractivity contribution in [2.45, 2.75) is 50.7 Å². The molecule has 0 unspecified atom stereocenters. The summed E-state index contributed by atoms with van der Waals surface area (Å²) < 4.78 is 5.41. The molecule has 0 bridgehead atoms. The van der Waals surface area contributed by atoms with Gasteiger partial charge in [0.2, 0.25) is 5.91 Å². The summed E-state index contributed by atoms with van der Waals surface area (Å²) in [4.78, 5) is 11.5. The van der Waals surface area contributed by atoms with Crippen LogP contribution in [0.25, 0.3) is 0 Å². The van der Waals surface area contributed by atoms with Gasteiger partial charge in [-0.15, -0.1) is 0 Å². The third kappa shape index (κ3) is 3.18. The molecule has 1 amide bonds. The molecule has 1 fully saturated rings. The van der Waals surface area contributed by atoms with E-state index in [1.54, 1.807) is 7.11 Å². The van der Waals surface area contributed by atoms with E-state index in [-0.39, 0.29) is 17.6 Å². The number of nitrogens with two attached hydrogens (primary N) is 1. The average molecular weight is 214 g/mol. The Morgan fingerprint density at radius 3 is 2.67 bits per heavy atom. The zero-order valence-electron chi connectivity index (χ0n) is 9.71. The zero-order chi connectivity index (χ0) is 11.3. The van der Waals surface area contributed by atoms with Crippen LogP contribution in [-0.2, 0) is 9.53 Å². The molecule has 0 radical (unpaired) electrons. The maximum absolute atomic E-state index is 11.5. The highest BCUT2D eigenvalue weighted by Gasteiger charge is 2.37. The van der Waals surface area contributed by atoms with Gasteiger partial charge in [-0.05, 0) is 25.7 Å². The second kappa shape index (κ2) is 5.47. The molecule has 3 N–H and O–H groups in total. The van der Waals surface area contributed by atoms with Gasteiger partial charge in [0, 0.05) is 13.7 Å². The lowest BCUT2D eigenvalue weighted by Crippen LogP contribution is -2.52. The fourth-order valence-corrected chi connectivity index (χ4v) is 1.85. The molecule has 15 heavy (non-hydrogen) atoms. The number of nitrogens with one attached hydrogen (secondary N) is 1. The number of rotatable bonds is 6. The monoisotopic (exact) mass is 214 g/mol. The summed E-state index contributed by atoms with van der Waals surface area (Å²) >= 11 is 0. The van der Waals surface area contributed by atoms with Gasteiger partial charge in [0.25, 0.3) is 0 Å². The summed E-state index contributed by atoms with van der Waals surface area (Å²) in [5.74, 6) is -0.0554. The summed E-state index contributed by atoms with van der Waals surface area (Å²) in [5.41, 5.74) is 5.60. The van der Waals surface area contributed by atoms with Crippen molar-refractivity contribution in [1.29, 1.82) is 0 Å². The second-order valence-corrected chi connectivity index (χ2v) is 4.35. The molecule has 1 atom stereocenters. The molecular weight excluding hydrogens is 192 g/mol. The van der Waals surface area contributed by atoms with Gasteiger partial charge in [0.05, 0.1) is 11.6 Å². The van der Waals surface area contributed by atoms with E-state index in [4.69, 9.17) is 10.5 Å². The predicted octanol–water partition coefficient (Wildman–Crippen LogP) is 0.799. The second-order valence-electron chi connectivity index (χ2n) is 4.35. The van der Waals surface area contributed by atoms with E-state index in [0.717, 1.165) is 25.7 Å². The molecular formula is C11H22N2O2. The minimum atomic E-state index is -0.371. The van der Waals surface area contributed by atoms with Gasteiger partial charge in [-0.3, -0.25) is 4.79 Å². The minimum absolute atomic E-state index is 0.0554. The highest BCUT2D eigenvalue weighted by molar-refractivity contribution is 5.81. The lowest BCUT2D eigenvalue weighted by Gasteiger charge is -2.40. The first-order valence-electron chi connectivity index (χ1n) is 5.72. The third-order valence-corrected chi connectivity index (χ3v) is 3.22. The number of amides is 1. The summed E-state index contributed by atoms with van der Waals surface area (Å²) in [6.45, 7) is 2.62. The third-order valence-electron chi connectivity index (χ3n) is 3.22. The van der Waals surface area contributed by atoms with Gasteiger partial charge in [-0.2, -0.15) is 0 Å². The van der Waals surface area contributed by atoms with Crippen molar-refractivity contribution in [3.05, 3.63) is 0 Å². The Balaban J connectivity index is 2.26. The zero-order valence-corrected chi connectivity index (χ0v) is 9.71. The number of hydrogen-bond acceptors (Lipinski definition) is 3. The van der Waals surface area contributed by atoms with E-state index in [1.807, 2.05) is 6.92 Å². The number of methoxy groups -OCH3 is 1. The maximum atomic E-state index is 11.5. The average Bonchev–Trinajstić information content (AvgIpc) is 2.17. The lowest BCUT2D eigenvalue weighted by molar-refractivity contribution is -0.126. The van der Waals surface area contributed by atoms with Crippen LogP contribution in [0.15, 0.2) is 0 Å². The standard InChI is InChI=1S/C11H22N2O2/c1-3-5-9(12)10(14)13-8-11(15-2)6-4-7-11/h9H,3-8,12H2,1-2H3,(H,13,14)/t9-/m0/s1. The summed E-state index contributed by atoms with van der Waals surface area (Å²) in [6.07, 6.45) is 4.93. The maximum Gasteiger partial charge on any atom is 0.237 e. The van der Waals surface area contributed by atoms with E-state index < -0.39 is 0 Å². The smallest absolute Gasteiger partial charge is 0.237 e. The molecule has 0 heterocycles. The van der Waals surface area contributed by atoms with Gasteiger partial charge >= 0.3 is 0 Å². The summed E-state index contributed by atoms with van der Waals surface area (Å²) in [5, 5.41) is 2.87. The number of ether oxygens (including phenoxy) is 1. The van der Waals surface area contributed by atoms with Gasteiger partial charge in [0.1, 0.15) is 0 Å². The van der Waals surface area contributed by atoms with Crippen LogP contribution in [0, 0.1) is 0 Å². The molecule has 0 saturated heterocycles. The fraction of sp³-hybridized carbons (Fsp3) is 0.909. The van der Waals surface area contributed by atoms with Crippen LogP contribution in [0.1, 0.15) is 39.0 Å². The molecule has 0 aliphatic heterocycles. The van der Waals surface area contributed by atoms with E-state index in [9.17, 15) is 4.79 Å². The van der Waals surface area contributed by atoms with Crippen LogP contribution >= 0.6 is 0 Å². The first-order chi connectivity index (χ1) is 7.13. The van der Waals surface area contributed by atoms with E-state index in [2.05, 4.69) is 5.32 Å². The Kier molecular flexibility index (Phi) is 4.54. The van der Waals surface area contributed by atoms with Crippen LogP contribution in [0.3, 0.4) is 0 Å². The molecule has 0 aromatic heterocycles. The lowest BCUT2D eigenvalue weighted by atomic mass is 9.80. The van der Waals surface area contributed by atoms with Gasteiger partial charge in [-0.1, -0.05) is 13.3 Å². The minimum Gasteiger partial charge on any atom is -0.376 e. The highest BCUT2D eigenvalue weighted by Crippen LogP contribution is 2.34. The SMILES string of the molecule is CCC[C@H](N)C(=O)NCC1(OC)CCC1. The fourth-order valence-electron chi connectivity index (χ4n) is 1.85. The van der Waals surface area contributed by atoms with Gasteiger partial charge in [-0.25, -0.2) is 0 Å². The van der Waals surface area contributed by atoms with Crippen molar-refractivity contribution in [2.75, 3.05) is 13.7 Å². The van der Waals surface area contributed by atoms with Crippen LogP contribution in [0.4, 0.5) is 0 Å². The number of carbonyl (C=O) groups excluding carboxylic acids is 1. The largest absolute Gasteiger partial charge is 0.376 e. The molecule has 1 rings (SSSR count). The molecule has 1 aliphatic rings. The number of hydrogen-bond donors (Lipinski definition) is 2. The highest BCUT2D eigenvalue weighted by atomic mass is 16.5. The first-order valence-corrected chi connectivity index (χ1v) is 5.72. The van der Waals surface area contributed by atoms with Gasteiger partial charge < -0.3 is 15.8 Å². The molecule has 1 saturated carbocycles. The molecule has 0 spiro atoms. The van der Waals surface area contributed by atoms with E-state index in [1.165, 1.54) is 6.42 Å². The normalized spacial score (nSPS) is 20.5. The predicted molar refractivity (Wildman–Crippen MR) is 59.5 cm³/mol. The Labute approximate surface area is 91.5 Å². The van der Waals surface area contributed by atoms with Crippen LogP contribution in [-0.4, -0.2) is 31.2 Å². The van der Waals surface area contributed by atoms with Crippen molar-refractivity contribution in [3.63, 3.8) is 0 Å². The Hall–Kier alpha value is -0.610. The van der Waals surface area contributed by atoms with Crippen molar-refractivity contribution in [3.8, 4) is 0 Å². The van der Waals surface area contributed by atoms with Crippen LogP contribution < -0.4 is 11.1 Å². The van der Waals surface area contributed by atoms with Crippen molar-refractivity contribution in [1.82, 2.24) is 5.32 Å². The number of carbonyl (C=O) groups is 1. The van der Waals surface area contributed by atoms with Crippen molar-refractivity contribution >= 4 is 5.91 Å². The summed E-state index contributed by atoms with van der Waals surface area (Å²) in [6, 6.07) is -0.371. The Morgan fingerprint density at radius 2 is 2.27 bits per heavy atom. The summed E-state index contributed by atoms with van der Waals surface area (Å²) in [7, 11) is 1.71. The van der Waals surface area contributed by atoms with Crippen LogP contribution in [0.2, 0.25) is 0 Å². The molecule has 4 nitrogen and oxygen atoms in total. The molecule has 0 aromatic rings. The van der Waals surface area contributed by atoms with E-state index in [0.29, 0.717) is 6.54 Å². The Morgan fingerprint density at radius 1 is 1.60 bits per heavy atom. The van der Waals surface area contributed by atoms with E-state index >= 15 is 0 Å². The van der Waals surface area contributed by atoms with Crippen molar-refractivity contribution in [2.24, 2.45) is 5.73 Å².